The van der Waals surface area contributed by atoms with Crippen LogP contribution in [0.3, 0.4) is 0 Å². The second-order valence-corrected chi connectivity index (χ2v) is 7.16. The largest absolute Gasteiger partial charge is 0.338 e. The van der Waals surface area contributed by atoms with Gasteiger partial charge in [0.1, 0.15) is 5.82 Å². The summed E-state index contributed by atoms with van der Waals surface area (Å²) in [5.74, 6) is 0.666. The summed E-state index contributed by atoms with van der Waals surface area (Å²) in [5, 5.41) is 5.15. The fourth-order valence-corrected chi connectivity index (χ4v) is 3.57. The lowest BCUT2D eigenvalue weighted by Crippen LogP contribution is -2.12. The van der Waals surface area contributed by atoms with Gasteiger partial charge in [0.25, 0.3) is 5.91 Å². The van der Waals surface area contributed by atoms with Gasteiger partial charge in [-0.1, -0.05) is 54.6 Å². The van der Waals surface area contributed by atoms with Crippen LogP contribution in [0.25, 0.3) is 33.2 Å². The number of hydrogen-bond donors (Lipinski definition) is 2. The summed E-state index contributed by atoms with van der Waals surface area (Å²) in [6, 6.07) is 27.6. The van der Waals surface area contributed by atoms with Gasteiger partial charge in [0, 0.05) is 22.2 Å². The summed E-state index contributed by atoms with van der Waals surface area (Å²) < 4.78 is 0. The van der Waals surface area contributed by atoms with Crippen LogP contribution in [0.2, 0.25) is 0 Å². The molecule has 0 atom stereocenters. The van der Waals surface area contributed by atoms with Gasteiger partial charge in [-0.15, -0.1) is 0 Å². The van der Waals surface area contributed by atoms with E-state index < -0.39 is 0 Å². The number of aromatic amines is 1. The predicted molar refractivity (Wildman–Crippen MR) is 118 cm³/mol. The number of H-pyrrole nitrogens is 1. The van der Waals surface area contributed by atoms with Gasteiger partial charge >= 0.3 is 0 Å². The maximum atomic E-state index is 12.7. The molecular weight excluding hydrogens is 358 g/mol. The van der Waals surface area contributed by atoms with Crippen molar-refractivity contribution in [3.8, 4) is 11.4 Å². The molecule has 0 aliphatic heterocycles. The van der Waals surface area contributed by atoms with Crippen LogP contribution in [-0.2, 0) is 0 Å². The Morgan fingerprint density at radius 1 is 0.897 bits per heavy atom. The van der Waals surface area contributed by atoms with E-state index >= 15 is 0 Å². The number of amides is 1. The van der Waals surface area contributed by atoms with Crippen molar-refractivity contribution < 1.29 is 4.79 Å². The number of nitrogens with zero attached hydrogens (tertiary/aromatic N) is 1. The molecule has 0 unspecified atom stereocenters. The van der Waals surface area contributed by atoms with E-state index in [-0.39, 0.29) is 5.91 Å². The molecule has 4 heteroatoms. The van der Waals surface area contributed by atoms with Gasteiger partial charge in [-0.3, -0.25) is 4.79 Å². The first-order valence-corrected chi connectivity index (χ1v) is 9.53. The molecule has 1 aromatic heterocycles. The van der Waals surface area contributed by atoms with Crippen molar-refractivity contribution in [2.24, 2.45) is 0 Å². The zero-order valence-electron chi connectivity index (χ0n) is 15.9. The van der Waals surface area contributed by atoms with E-state index in [1.807, 2.05) is 78.9 Å². The number of carbonyl (C=O) groups is 1. The summed E-state index contributed by atoms with van der Waals surface area (Å²) >= 11 is 0. The molecule has 0 aliphatic rings. The average molecular weight is 377 g/mol. The van der Waals surface area contributed by atoms with Gasteiger partial charge in [-0.2, -0.15) is 0 Å². The van der Waals surface area contributed by atoms with Crippen LogP contribution >= 0.6 is 0 Å². The van der Waals surface area contributed by atoms with E-state index in [0.717, 1.165) is 38.9 Å². The Labute approximate surface area is 168 Å². The fourth-order valence-electron chi connectivity index (χ4n) is 3.57. The van der Waals surface area contributed by atoms with E-state index in [2.05, 4.69) is 28.3 Å². The summed E-state index contributed by atoms with van der Waals surface area (Å²) in [7, 11) is 0. The van der Waals surface area contributed by atoms with Crippen LogP contribution in [0.15, 0.2) is 84.9 Å². The SMILES string of the molecule is Cc1ccc2nc(-c3ccc(C(=O)Nc4cccc5ccccc45)cc3)[nH]c2c1. The molecule has 140 valence electrons. The lowest BCUT2D eigenvalue weighted by Gasteiger charge is -2.09. The Balaban J connectivity index is 1.41. The minimum atomic E-state index is -0.131. The highest BCUT2D eigenvalue weighted by atomic mass is 16.1. The first-order valence-electron chi connectivity index (χ1n) is 9.53. The van der Waals surface area contributed by atoms with Crippen LogP contribution in [-0.4, -0.2) is 15.9 Å². The molecule has 4 aromatic carbocycles. The fraction of sp³-hybridized carbons (Fsp3) is 0.0400. The minimum absolute atomic E-state index is 0.131. The number of imidazole rings is 1. The molecular formula is C25H19N3O. The third-order valence-electron chi connectivity index (χ3n) is 5.10. The van der Waals surface area contributed by atoms with Crippen molar-refractivity contribution in [1.82, 2.24) is 9.97 Å². The van der Waals surface area contributed by atoms with Crippen molar-refractivity contribution in [2.75, 3.05) is 5.32 Å². The van der Waals surface area contributed by atoms with Crippen molar-refractivity contribution in [3.05, 3.63) is 96.1 Å². The Hall–Kier alpha value is -3.92. The smallest absolute Gasteiger partial charge is 0.255 e. The number of benzene rings is 4. The lowest BCUT2D eigenvalue weighted by atomic mass is 10.1. The van der Waals surface area contributed by atoms with Crippen LogP contribution in [0.5, 0.6) is 0 Å². The molecule has 5 aromatic rings. The van der Waals surface area contributed by atoms with Crippen LogP contribution in [0.4, 0.5) is 5.69 Å². The normalized spacial score (nSPS) is 11.1. The standard InChI is InChI=1S/C25H19N3O/c1-16-9-14-22-23(15-16)27-24(26-22)18-10-12-19(13-11-18)25(29)28-21-8-4-6-17-5-2-3-7-20(17)21/h2-15H,1H3,(H,26,27)(H,28,29). The van der Waals surface area contributed by atoms with E-state index in [9.17, 15) is 4.79 Å². The Bertz CT molecular complexity index is 1340. The molecule has 0 bridgehead atoms. The van der Waals surface area contributed by atoms with Crippen molar-refractivity contribution in [1.29, 1.82) is 0 Å². The van der Waals surface area contributed by atoms with E-state index in [1.165, 1.54) is 5.56 Å². The molecule has 1 heterocycles. The molecule has 0 saturated heterocycles. The summed E-state index contributed by atoms with van der Waals surface area (Å²) in [4.78, 5) is 20.7. The molecule has 0 saturated carbocycles. The molecule has 0 spiro atoms. The molecule has 2 N–H and O–H groups in total. The minimum Gasteiger partial charge on any atom is -0.338 e. The lowest BCUT2D eigenvalue weighted by molar-refractivity contribution is 0.102. The number of aryl methyl sites for hydroxylation is 1. The Morgan fingerprint density at radius 3 is 2.55 bits per heavy atom. The van der Waals surface area contributed by atoms with Gasteiger partial charge < -0.3 is 10.3 Å². The second-order valence-electron chi connectivity index (χ2n) is 7.16. The van der Waals surface area contributed by atoms with E-state index in [4.69, 9.17) is 0 Å². The maximum Gasteiger partial charge on any atom is 0.255 e. The predicted octanol–water partition coefficient (Wildman–Crippen LogP) is 5.94. The molecule has 0 aliphatic carbocycles. The highest BCUT2D eigenvalue weighted by molar-refractivity contribution is 6.09. The van der Waals surface area contributed by atoms with Crippen molar-refractivity contribution in [3.63, 3.8) is 0 Å². The van der Waals surface area contributed by atoms with Gasteiger partial charge in [0.15, 0.2) is 0 Å². The first-order chi connectivity index (χ1) is 14.2. The van der Waals surface area contributed by atoms with Crippen molar-refractivity contribution >= 4 is 33.4 Å². The summed E-state index contributed by atoms with van der Waals surface area (Å²) in [6.45, 7) is 2.06. The number of anilines is 1. The monoisotopic (exact) mass is 377 g/mol. The third-order valence-corrected chi connectivity index (χ3v) is 5.10. The van der Waals surface area contributed by atoms with E-state index in [0.29, 0.717) is 5.56 Å². The average Bonchev–Trinajstić information content (AvgIpc) is 3.17. The maximum absolute atomic E-state index is 12.7. The molecule has 4 nitrogen and oxygen atoms in total. The van der Waals surface area contributed by atoms with Gasteiger partial charge in [0.2, 0.25) is 0 Å². The number of carbonyl (C=O) groups excluding carboxylic acids is 1. The van der Waals surface area contributed by atoms with Crippen molar-refractivity contribution in [2.45, 2.75) is 6.92 Å². The Kier molecular flexibility index (Phi) is 4.10. The molecule has 0 radical (unpaired) electrons. The topological polar surface area (TPSA) is 57.8 Å². The second kappa shape index (κ2) is 6.91. The first kappa shape index (κ1) is 17.2. The highest BCUT2D eigenvalue weighted by Crippen LogP contribution is 2.25. The number of aromatic nitrogens is 2. The third kappa shape index (κ3) is 3.25. The highest BCUT2D eigenvalue weighted by Gasteiger charge is 2.10. The number of nitrogens with one attached hydrogen (secondary N) is 2. The molecule has 29 heavy (non-hydrogen) atoms. The summed E-state index contributed by atoms with van der Waals surface area (Å²) in [6.07, 6.45) is 0. The quantitative estimate of drug-likeness (QED) is 0.408. The number of rotatable bonds is 3. The van der Waals surface area contributed by atoms with Gasteiger partial charge in [-0.25, -0.2) is 4.98 Å². The summed E-state index contributed by atoms with van der Waals surface area (Å²) in [5.41, 5.74) is 5.49. The molecule has 0 fully saturated rings. The van der Waals surface area contributed by atoms with Crippen LogP contribution in [0.1, 0.15) is 15.9 Å². The number of hydrogen-bond acceptors (Lipinski definition) is 2. The van der Waals surface area contributed by atoms with E-state index in [1.54, 1.807) is 0 Å². The van der Waals surface area contributed by atoms with Gasteiger partial charge in [0.05, 0.1) is 11.0 Å². The van der Waals surface area contributed by atoms with Crippen LogP contribution in [0, 0.1) is 6.92 Å². The number of fused-ring (bicyclic) bond motifs is 2. The van der Waals surface area contributed by atoms with Gasteiger partial charge in [-0.05, 0) is 48.2 Å². The molecule has 1 amide bonds. The van der Waals surface area contributed by atoms with Crippen LogP contribution < -0.4 is 5.32 Å². The molecule has 5 rings (SSSR count). The Morgan fingerprint density at radius 2 is 1.69 bits per heavy atom. The zero-order chi connectivity index (χ0) is 19.8. The zero-order valence-corrected chi connectivity index (χ0v) is 15.9.